The fourth-order valence-electron chi connectivity index (χ4n) is 3.17. The summed E-state index contributed by atoms with van der Waals surface area (Å²) in [6, 6.07) is 9.40. The maximum absolute atomic E-state index is 13.3. The molecule has 0 atom stereocenters. The first-order valence-electron chi connectivity index (χ1n) is 8.72. The third kappa shape index (κ3) is 3.77. The van der Waals surface area contributed by atoms with Crippen LogP contribution in [0.25, 0.3) is 10.7 Å². The molecule has 0 radical (unpaired) electrons. The zero-order valence-electron chi connectivity index (χ0n) is 15.0. The van der Waals surface area contributed by atoms with Crippen LogP contribution < -0.4 is 9.80 Å². The Kier molecular flexibility index (Phi) is 4.88. The number of piperazine rings is 1. The smallest absolute Gasteiger partial charge is 0.367 e. The Balaban J connectivity index is 1.45. The molecule has 1 aliphatic heterocycles. The highest BCUT2D eigenvalue weighted by molar-refractivity contribution is 7.09. The lowest BCUT2D eigenvalue weighted by Crippen LogP contribution is -2.47. The molecule has 0 N–H and O–H groups in total. The molecular weight excluding hydrogens is 389 g/mol. The van der Waals surface area contributed by atoms with E-state index in [0.717, 1.165) is 6.07 Å². The Hall–Kier alpha value is -2.75. The van der Waals surface area contributed by atoms with Crippen molar-refractivity contribution in [3.63, 3.8) is 0 Å². The van der Waals surface area contributed by atoms with Crippen molar-refractivity contribution in [2.45, 2.75) is 13.1 Å². The van der Waals surface area contributed by atoms with Gasteiger partial charge in [0.2, 0.25) is 0 Å². The lowest BCUT2D eigenvalue weighted by Gasteiger charge is -2.37. The molecule has 2 aromatic heterocycles. The van der Waals surface area contributed by atoms with E-state index in [1.54, 1.807) is 11.0 Å². The van der Waals surface area contributed by atoms with Gasteiger partial charge in [-0.3, -0.25) is 0 Å². The van der Waals surface area contributed by atoms with Crippen molar-refractivity contribution in [1.82, 2.24) is 19.6 Å². The van der Waals surface area contributed by atoms with E-state index < -0.39 is 11.7 Å². The first kappa shape index (κ1) is 18.6. The maximum atomic E-state index is 13.3. The minimum absolute atomic E-state index is 0.225. The van der Waals surface area contributed by atoms with Gasteiger partial charge >= 0.3 is 6.18 Å². The van der Waals surface area contributed by atoms with Gasteiger partial charge in [0.1, 0.15) is 11.5 Å². The number of rotatable bonds is 3. The van der Waals surface area contributed by atoms with Crippen LogP contribution in [0, 0.1) is 6.92 Å². The number of aryl methyl sites for hydroxylation is 1. The summed E-state index contributed by atoms with van der Waals surface area (Å²) < 4.78 is 43.9. The summed E-state index contributed by atoms with van der Waals surface area (Å²) in [6.45, 7) is 3.91. The third-order valence-corrected chi connectivity index (χ3v) is 5.38. The van der Waals surface area contributed by atoms with Gasteiger partial charge in [-0.15, -0.1) is 10.2 Å². The number of halogens is 3. The molecule has 1 saturated heterocycles. The summed E-state index contributed by atoms with van der Waals surface area (Å²) in [4.78, 5) is 8.08. The SMILES string of the molecule is Cc1nsc(-c2ccc(N3CCN(c4ccccc4C(F)(F)F)CC3)nn2)n1. The van der Waals surface area contributed by atoms with Gasteiger partial charge in [-0.25, -0.2) is 4.98 Å². The van der Waals surface area contributed by atoms with E-state index in [-0.39, 0.29) is 5.69 Å². The molecule has 1 aromatic carbocycles. The number of aromatic nitrogens is 4. The van der Waals surface area contributed by atoms with E-state index in [1.165, 1.54) is 23.7 Å². The normalized spacial score (nSPS) is 15.1. The molecule has 3 heterocycles. The minimum atomic E-state index is -4.36. The molecule has 3 aromatic rings. The van der Waals surface area contributed by atoms with E-state index in [1.807, 2.05) is 24.0 Å². The van der Waals surface area contributed by atoms with E-state index >= 15 is 0 Å². The average molecular weight is 406 g/mol. The van der Waals surface area contributed by atoms with E-state index in [0.29, 0.717) is 48.5 Å². The first-order valence-corrected chi connectivity index (χ1v) is 9.50. The number of hydrogen-bond donors (Lipinski definition) is 0. The number of hydrogen-bond acceptors (Lipinski definition) is 7. The monoisotopic (exact) mass is 406 g/mol. The molecule has 0 spiro atoms. The predicted molar refractivity (Wildman–Crippen MR) is 102 cm³/mol. The van der Waals surface area contributed by atoms with Crippen molar-refractivity contribution in [3.05, 3.63) is 47.8 Å². The van der Waals surface area contributed by atoms with Crippen molar-refractivity contribution in [2.24, 2.45) is 0 Å². The van der Waals surface area contributed by atoms with Crippen LogP contribution in [0.5, 0.6) is 0 Å². The Morgan fingerprint density at radius 3 is 2.25 bits per heavy atom. The molecule has 1 fully saturated rings. The Morgan fingerprint density at radius 1 is 0.929 bits per heavy atom. The second-order valence-corrected chi connectivity index (χ2v) is 7.16. The summed E-state index contributed by atoms with van der Waals surface area (Å²) >= 11 is 1.27. The average Bonchev–Trinajstić information content (AvgIpc) is 3.14. The molecule has 0 aliphatic carbocycles. The van der Waals surface area contributed by atoms with Crippen LogP contribution in [-0.4, -0.2) is 45.7 Å². The van der Waals surface area contributed by atoms with Crippen molar-refractivity contribution >= 4 is 23.0 Å². The second-order valence-electron chi connectivity index (χ2n) is 6.41. The van der Waals surface area contributed by atoms with Crippen molar-refractivity contribution in [1.29, 1.82) is 0 Å². The van der Waals surface area contributed by atoms with E-state index in [2.05, 4.69) is 19.6 Å². The highest BCUT2D eigenvalue weighted by atomic mass is 32.1. The topological polar surface area (TPSA) is 58.0 Å². The van der Waals surface area contributed by atoms with Crippen LogP contribution in [0.2, 0.25) is 0 Å². The van der Waals surface area contributed by atoms with Crippen LogP contribution in [-0.2, 0) is 6.18 Å². The Labute approximate surface area is 163 Å². The van der Waals surface area contributed by atoms with Gasteiger partial charge in [0.05, 0.1) is 5.56 Å². The molecule has 0 bridgehead atoms. The number of benzene rings is 1. The first-order chi connectivity index (χ1) is 13.4. The Bertz CT molecular complexity index is 948. The van der Waals surface area contributed by atoms with Gasteiger partial charge in [-0.1, -0.05) is 12.1 Å². The molecule has 0 unspecified atom stereocenters. The molecular formula is C18H17F3N6S. The van der Waals surface area contributed by atoms with Crippen LogP contribution in [0.15, 0.2) is 36.4 Å². The van der Waals surface area contributed by atoms with Gasteiger partial charge in [-0.05, 0) is 42.7 Å². The molecule has 0 saturated carbocycles. The number of nitrogens with zero attached hydrogens (tertiary/aromatic N) is 6. The summed E-state index contributed by atoms with van der Waals surface area (Å²) in [6.07, 6.45) is -4.36. The van der Waals surface area contributed by atoms with Crippen LogP contribution >= 0.6 is 11.5 Å². The second kappa shape index (κ2) is 7.34. The zero-order valence-corrected chi connectivity index (χ0v) is 15.8. The molecule has 28 heavy (non-hydrogen) atoms. The predicted octanol–water partition coefficient (Wildman–Crippen LogP) is 3.65. The van der Waals surface area contributed by atoms with Gasteiger partial charge < -0.3 is 9.80 Å². The van der Waals surface area contributed by atoms with E-state index in [4.69, 9.17) is 0 Å². The van der Waals surface area contributed by atoms with E-state index in [9.17, 15) is 13.2 Å². The molecule has 10 heteroatoms. The van der Waals surface area contributed by atoms with Crippen molar-refractivity contribution < 1.29 is 13.2 Å². The van der Waals surface area contributed by atoms with Gasteiger partial charge in [-0.2, -0.15) is 17.5 Å². The number of para-hydroxylation sites is 1. The zero-order chi connectivity index (χ0) is 19.7. The summed E-state index contributed by atoms with van der Waals surface area (Å²) in [5, 5.41) is 9.19. The third-order valence-electron chi connectivity index (χ3n) is 4.55. The van der Waals surface area contributed by atoms with Crippen LogP contribution in [0.1, 0.15) is 11.4 Å². The van der Waals surface area contributed by atoms with Gasteiger partial charge in [0, 0.05) is 31.9 Å². The number of alkyl halides is 3. The summed E-state index contributed by atoms with van der Waals surface area (Å²) in [5.74, 6) is 1.40. The summed E-state index contributed by atoms with van der Waals surface area (Å²) in [7, 11) is 0. The molecule has 1 aliphatic rings. The van der Waals surface area contributed by atoms with Crippen LogP contribution in [0.4, 0.5) is 24.7 Å². The van der Waals surface area contributed by atoms with Crippen molar-refractivity contribution in [3.8, 4) is 10.7 Å². The lowest BCUT2D eigenvalue weighted by molar-refractivity contribution is -0.137. The highest BCUT2D eigenvalue weighted by Gasteiger charge is 2.35. The fraction of sp³-hybridized carbons (Fsp3) is 0.333. The fourth-order valence-corrected chi connectivity index (χ4v) is 3.81. The summed E-state index contributed by atoms with van der Waals surface area (Å²) in [5.41, 5.74) is 0.287. The highest BCUT2D eigenvalue weighted by Crippen LogP contribution is 2.36. The van der Waals surface area contributed by atoms with Gasteiger partial charge in [0.15, 0.2) is 10.8 Å². The minimum Gasteiger partial charge on any atom is -0.367 e. The van der Waals surface area contributed by atoms with Gasteiger partial charge in [0.25, 0.3) is 0 Å². The Morgan fingerprint density at radius 2 is 1.64 bits per heavy atom. The standard InChI is InChI=1S/C18H17F3N6S/c1-12-22-17(28-25-12)14-6-7-16(24-23-14)27-10-8-26(9-11-27)15-5-3-2-4-13(15)18(19,20)21/h2-7H,8-11H2,1H3. The van der Waals surface area contributed by atoms with Crippen LogP contribution in [0.3, 0.4) is 0 Å². The molecule has 4 rings (SSSR count). The molecule has 6 nitrogen and oxygen atoms in total. The maximum Gasteiger partial charge on any atom is 0.418 e. The largest absolute Gasteiger partial charge is 0.418 e. The number of anilines is 2. The van der Waals surface area contributed by atoms with Crippen molar-refractivity contribution in [2.75, 3.05) is 36.0 Å². The lowest BCUT2D eigenvalue weighted by atomic mass is 10.1. The molecule has 0 amide bonds. The quantitative estimate of drug-likeness (QED) is 0.662. The molecule has 146 valence electrons.